The van der Waals surface area contributed by atoms with E-state index in [-0.39, 0.29) is 5.91 Å². The molecule has 1 aliphatic heterocycles. The molecule has 0 bridgehead atoms. The average molecular weight is 417 g/mol. The largest absolute Gasteiger partial charge is 0.478 e. The van der Waals surface area contributed by atoms with Gasteiger partial charge in [0.05, 0.1) is 11.4 Å². The molecule has 2 aromatic rings. The second kappa shape index (κ2) is 8.12. The molecular formula is C21H25BrN2O2. The van der Waals surface area contributed by atoms with Crippen LogP contribution in [0.2, 0.25) is 0 Å². The molecule has 0 radical (unpaired) electrons. The van der Waals surface area contributed by atoms with E-state index < -0.39 is 5.60 Å². The molecule has 2 aromatic carbocycles. The highest BCUT2D eigenvalue weighted by Gasteiger charge is 2.31. The number of carbonyl (C=O) groups excluding carboxylic acids is 1. The number of hydrogen-bond donors (Lipinski definition) is 1. The fraction of sp³-hybridized carbons (Fsp3) is 0.381. The zero-order chi connectivity index (χ0) is 18.6. The molecule has 1 heterocycles. The molecular weight excluding hydrogens is 392 g/mol. The lowest BCUT2D eigenvalue weighted by Crippen LogP contribution is -2.43. The van der Waals surface area contributed by atoms with Crippen molar-refractivity contribution in [3.8, 4) is 5.75 Å². The van der Waals surface area contributed by atoms with Crippen LogP contribution < -0.4 is 15.0 Å². The minimum atomic E-state index is -0.983. The van der Waals surface area contributed by atoms with Gasteiger partial charge in [0, 0.05) is 17.6 Å². The van der Waals surface area contributed by atoms with Crippen molar-refractivity contribution in [1.29, 1.82) is 0 Å². The Labute approximate surface area is 163 Å². The smallest absolute Gasteiger partial charge is 0.268 e. The summed E-state index contributed by atoms with van der Waals surface area (Å²) in [6.45, 7) is 5.64. The van der Waals surface area contributed by atoms with Crippen LogP contribution in [0.4, 0.5) is 11.4 Å². The van der Waals surface area contributed by atoms with Gasteiger partial charge < -0.3 is 15.0 Å². The fourth-order valence-corrected chi connectivity index (χ4v) is 3.37. The number of nitrogens with one attached hydrogen (secondary N) is 1. The molecule has 26 heavy (non-hydrogen) atoms. The van der Waals surface area contributed by atoms with Gasteiger partial charge in [0.15, 0.2) is 5.60 Å². The van der Waals surface area contributed by atoms with Gasteiger partial charge in [0.2, 0.25) is 0 Å². The standard InChI is InChI=1S/C21H25BrN2O2/c1-21(2,26-17-12-10-16(22)11-13-17)20(25)23-18-8-4-5-9-19(18)24-14-6-3-7-15-24/h4-5,8-13H,3,6-7,14-15H2,1-2H3,(H,23,25). The summed E-state index contributed by atoms with van der Waals surface area (Å²) in [4.78, 5) is 15.2. The average Bonchev–Trinajstić information content (AvgIpc) is 2.64. The van der Waals surface area contributed by atoms with E-state index in [0.717, 1.165) is 28.9 Å². The summed E-state index contributed by atoms with van der Waals surface area (Å²) in [5.41, 5.74) is 0.940. The molecule has 138 valence electrons. The maximum absolute atomic E-state index is 12.9. The number of halogens is 1. The molecule has 0 unspecified atom stereocenters. The molecule has 4 nitrogen and oxygen atoms in total. The summed E-state index contributed by atoms with van der Waals surface area (Å²) in [5, 5.41) is 3.06. The summed E-state index contributed by atoms with van der Waals surface area (Å²) in [6, 6.07) is 15.5. The number of carbonyl (C=O) groups is 1. The number of nitrogens with zero attached hydrogens (tertiary/aromatic N) is 1. The molecule has 5 heteroatoms. The first-order chi connectivity index (χ1) is 12.5. The molecule has 0 spiro atoms. The summed E-state index contributed by atoms with van der Waals surface area (Å²) in [5.74, 6) is 0.502. The van der Waals surface area contributed by atoms with Gasteiger partial charge in [-0.1, -0.05) is 28.1 Å². The highest BCUT2D eigenvalue weighted by Crippen LogP contribution is 2.29. The number of anilines is 2. The molecule has 0 atom stereocenters. The third kappa shape index (κ3) is 4.58. The fourth-order valence-electron chi connectivity index (χ4n) is 3.11. The Hall–Kier alpha value is -2.01. The van der Waals surface area contributed by atoms with Crippen LogP contribution >= 0.6 is 15.9 Å². The molecule has 3 rings (SSSR count). The Morgan fingerprint density at radius 3 is 2.38 bits per heavy atom. The maximum Gasteiger partial charge on any atom is 0.268 e. The first-order valence-electron chi connectivity index (χ1n) is 9.06. The van der Waals surface area contributed by atoms with Crippen LogP contribution in [0, 0.1) is 0 Å². The Morgan fingerprint density at radius 1 is 1.04 bits per heavy atom. The third-order valence-electron chi connectivity index (χ3n) is 4.58. The van der Waals surface area contributed by atoms with Crippen LogP contribution in [-0.4, -0.2) is 24.6 Å². The summed E-state index contributed by atoms with van der Waals surface area (Å²) in [6.07, 6.45) is 3.67. The van der Waals surface area contributed by atoms with E-state index in [1.54, 1.807) is 13.8 Å². The number of ether oxygens (including phenoxy) is 1. The second-order valence-corrected chi connectivity index (χ2v) is 8.00. The van der Waals surface area contributed by atoms with Crippen molar-refractivity contribution in [2.75, 3.05) is 23.3 Å². The summed E-state index contributed by atoms with van der Waals surface area (Å²) < 4.78 is 6.90. The highest BCUT2D eigenvalue weighted by molar-refractivity contribution is 9.10. The van der Waals surface area contributed by atoms with Crippen molar-refractivity contribution in [3.63, 3.8) is 0 Å². The van der Waals surface area contributed by atoms with Crippen LogP contribution in [-0.2, 0) is 4.79 Å². The zero-order valence-electron chi connectivity index (χ0n) is 15.3. The van der Waals surface area contributed by atoms with Crippen LogP contribution in [0.5, 0.6) is 5.75 Å². The molecule has 0 saturated carbocycles. The Morgan fingerprint density at radius 2 is 1.69 bits per heavy atom. The van der Waals surface area contributed by atoms with Gasteiger partial charge in [-0.3, -0.25) is 4.79 Å². The zero-order valence-corrected chi connectivity index (χ0v) is 16.9. The minimum Gasteiger partial charge on any atom is -0.478 e. The summed E-state index contributed by atoms with van der Waals surface area (Å²) >= 11 is 3.40. The Balaban J connectivity index is 1.73. The molecule has 0 aromatic heterocycles. The number of hydrogen-bond acceptors (Lipinski definition) is 3. The number of rotatable bonds is 5. The van der Waals surface area contributed by atoms with Gasteiger partial charge in [-0.25, -0.2) is 0 Å². The van der Waals surface area contributed by atoms with Crippen LogP contribution in [0.3, 0.4) is 0 Å². The second-order valence-electron chi connectivity index (χ2n) is 7.09. The van der Waals surface area contributed by atoms with E-state index >= 15 is 0 Å². The predicted octanol–water partition coefficient (Wildman–Crippen LogP) is 5.24. The lowest BCUT2D eigenvalue weighted by molar-refractivity contribution is -0.128. The van der Waals surface area contributed by atoms with Crippen molar-refractivity contribution in [2.45, 2.75) is 38.7 Å². The van der Waals surface area contributed by atoms with Crippen molar-refractivity contribution in [3.05, 3.63) is 53.0 Å². The molecule has 0 aliphatic carbocycles. The lowest BCUT2D eigenvalue weighted by Gasteiger charge is -2.31. The number of benzene rings is 2. The molecule has 1 aliphatic rings. The van der Waals surface area contributed by atoms with E-state index in [9.17, 15) is 4.79 Å². The van der Waals surface area contributed by atoms with Crippen LogP contribution in [0.15, 0.2) is 53.0 Å². The molecule has 1 N–H and O–H groups in total. The normalized spacial score (nSPS) is 14.8. The molecule has 1 saturated heterocycles. The van der Waals surface area contributed by atoms with Gasteiger partial charge in [-0.15, -0.1) is 0 Å². The number of piperidine rings is 1. The topological polar surface area (TPSA) is 41.6 Å². The lowest BCUT2D eigenvalue weighted by atomic mass is 10.1. The molecule has 1 fully saturated rings. The monoisotopic (exact) mass is 416 g/mol. The van der Waals surface area contributed by atoms with Gasteiger partial charge in [0.25, 0.3) is 5.91 Å². The first-order valence-corrected chi connectivity index (χ1v) is 9.85. The van der Waals surface area contributed by atoms with E-state index in [1.807, 2.05) is 42.5 Å². The third-order valence-corrected chi connectivity index (χ3v) is 5.11. The van der Waals surface area contributed by atoms with E-state index in [1.165, 1.54) is 19.3 Å². The molecule has 1 amide bonds. The van der Waals surface area contributed by atoms with Crippen LogP contribution in [0.25, 0.3) is 0 Å². The van der Waals surface area contributed by atoms with Crippen molar-refractivity contribution < 1.29 is 9.53 Å². The summed E-state index contributed by atoms with van der Waals surface area (Å²) in [7, 11) is 0. The first kappa shape index (κ1) is 18.8. The SMILES string of the molecule is CC(C)(Oc1ccc(Br)cc1)C(=O)Nc1ccccc1N1CCCCC1. The number of para-hydroxylation sites is 2. The van der Waals surface area contributed by atoms with Gasteiger partial charge >= 0.3 is 0 Å². The van der Waals surface area contributed by atoms with E-state index in [0.29, 0.717) is 5.75 Å². The predicted molar refractivity (Wildman–Crippen MR) is 110 cm³/mol. The van der Waals surface area contributed by atoms with Crippen LogP contribution in [0.1, 0.15) is 33.1 Å². The minimum absolute atomic E-state index is 0.162. The number of amides is 1. The quantitative estimate of drug-likeness (QED) is 0.724. The van der Waals surface area contributed by atoms with E-state index in [2.05, 4.69) is 32.2 Å². The van der Waals surface area contributed by atoms with Crippen molar-refractivity contribution in [2.24, 2.45) is 0 Å². The van der Waals surface area contributed by atoms with Gasteiger partial charge in [0.1, 0.15) is 5.75 Å². The van der Waals surface area contributed by atoms with Crippen molar-refractivity contribution >= 4 is 33.2 Å². The van der Waals surface area contributed by atoms with Gasteiger partial charge in [-0.2, -0.15) is 0 Å². The van der Waals surface area contributed by atoms with E-state index in [4.69, 9.17) is 4.74 Å². The highest BCUT2D eigenvalue weighted by atomic mass is 79.9. The Bertz CT molecular complexity index is 753. The maximum atomic E-state index is 12.9. The Kier molecular flexibility index (Phi) is 5.87. The van der Waals surface area contributed by atoms with Gasteiger partial charge in [-0.05, 0) is 69.5 Å². The van der Waals surface area contributed by atoms with Crippen molar-refractivity contribution in [1.82, 2.24) is 0 Å².